The van der Waals surface area contributed by atoms with Crippen LogP contribution in [0.15, 0.2) is 54.9 Å². The van der Waals surface area contributed by atoms with E-state index in [4.69, 9.17) is 4.98 Å². The van der Waals surface area contributed by atoms with Gasteiger partial charge in [0.15, 0.2) is 0 Å². The highest BCUT2D eigenvalue weighted by atomic mass is 19.1. The van der Waals surface area contributed by atoms with Crippen LogP contribution in [0.1, 0.15) is 41.4 Å². The van der Waals surface area contributed by atoms with Crippen LogP contribution in [0.4, 0.5) is 4.39 Å². The smallest absolute Gasteiger partial charge is 0.123 e. The van der Waals surface area contributed by atoms with Gasteiger partial charge in [0.1, 0.15) is 5.82 Å². The molecule has 4 rings (SSSR count). The number of aromatic nitrogens is 3. The lowest BCUT2D eigenvalue weighted by Crippen LogP contribution is -2.24. The van der Waals surface area contributed by atoms with E-state index in [-0.39, 0.29) is 5.82 Å². The lowest BCUT2D eigenvalue weighted by Gasteiger charge is -2.24. The van der Waals surface area contributed by atoms with Crippen molar-refractivity contribution in [2.75, 3.05) is 6.54 Å². The van der Waals surface area contributed by atoms with Gasteiger partial charge >= 0.3 is 0 Å². The fraction of sp³-hybridized carbons (Fsp3) is 0.333. The second kappa shape index (κ2) is 7.38. The summed E-state index contributed by atoms with van der Waals surface area (Å²) in [7, 11) is 1.99. The molecule has 5 heteroatoms. The maximum Gasteiger partial charge on any atom is 0.123 e. The van der Waals surface area contributed by atoms with Gasteiger partial charge in [0.2, 0.25) is 0 Å². The zero-order valence-electron chi connectivity index (χ0n) is 15.0. The molecule has 0 radical (unpaired) electrons. The number of halogens is 1. The summed E-state index contributed by atoms with van der Waals surface area (Å²) in [6.45, 7) is 2.00. The van der Waals surface area contributed by atoms with E-state index in [2.05, 4.69) is 28.2 Å². The minimum Gasteiger partial charge on any atom is -0.289 e. The van der Waals surface area contributed by atoms with Gasteiger partial charge in [-0.25, -0.2) is 4.39 Å². The summed E-state index contributed by atoms with van der Waals surface area (Å²) in [6.07, 6.45) is 6.92. The minimum absolute atomic E-state index is 0.197. The molecule has 0 unspecified atom stereocenters. The summed E-state index contributed by atoms with van der Waals surface area (Å²) in [5.41, 5.74) is 4.61. The van der Waals surface area contributed by atoms with E-state index in [1.807, 2.05) is 36.3 Å². The van der Waals surface area contributed by atoms with Crippen LogP contribution in [-0.4, -0.2) is 26.2 Å². The standard InChI is InChI=1S/C21H23FN4/c1-25-19(10-11-24-25)15-26-12-2-3-21(26)20-9-6-17(14-23-20)13-16-4-7-18(22)8-5-16/h4-11,14,21H,2-3,12-13,15H2,1H3/t21-/m0/s1. The molecule has 26 heavy (non-hydrogen) atoms. The number of hydrogen-bond acceptors (Lipinski definition) is 3. The highest BCUT2D eigenvalue weighted by molar-refractivity contribution is 5.26. The first kappa shape index (κ1) is 16.9. The van der Waals surface area contributed by atoms with Gasteiger partial charge < -0.3 is 0 Å². The average Bonchev–Trinajstić information content (AvgIpc) is 3.28. The summed E-state index contributed by atoms with van der Waals surface area (Å²) in [4.78, 5) is 7.22. The number of nitrogens with zero attached hydrogens (tertiary/aromatic N) is 4. The van der Waals surface area contributed by atoms with Crippen LogP contribution in [0.2, 0.25) is 0 Å². The molecule has 0 spiro atoms. The summed E-state index contributed by atoms with van der Waals surface area (Å²) in [5, 5.41) is 4.26. The summed E-state index contributed by atoms with van der Waals surface area (Å²) in [5.74, 6) is -0.197. The van der Waals surface area contributed by atoms with E-state index in [1.54, 1.807) is 0 Å². The first-order valence-electron chi connectivity index (χ1n) is 9.09. The first-order valence-corrected chi connectivity index (χ1v) is 9.09. The highest BCUT2D eigenvalue weighted by Crippen LogP contribution is 2.32. The lowest BCUT2D eigenvalue weighted by molar-refractivity contribution is 0.238. The van der Waals surface area contributed by atoms with E-state index in [0.29, 0.717) is 6.04 Å². The predicted octanol–water partition coefficient (Wildman–Crippen LogP) is 3.88. The molecule has 0 aliphatic carbocycles. The second-order valence-corrected chi connectivity index (χ2v) is 6.97. The van der Waals surface area contributed by atoms with Gasteiger partial charge in [-0.05, 0) is 61.2 Å². The molecule has 4 nitrogen and oxygen atoms in total. The molecule has 1 aromatic carbocycles. The summed E-state index contributed by atoms with van der Waals surface area (Å²) in [6, 6.07) is 13.4. The molecular formula is C21H23FN4. The van der Waals surface area contributed by atoms with Crippen molar-refractivity contribution in [1.82, 2.24) is 19.7 Å². The van der Waals surface area contributed by atoms with Gasteiger partial charge in [-0.3, -0.25) is 14.6 Å². The molecule has 0 amide bonds. The number of pyridine rings is 1. The fourth-order valence-electron chi connectivity index (χ4n) is 3.69. The van der Waals surface area contributed by atoms with Gasteiger partial charge in [-0.2, -0.15) is 5.10 Å². The van der Waals surface area contributed by atoms with Crippen molar-refractivity contribution >= 4 is 0 Å². The lowest BCUT2D eigenvalue weighted by atomic mass is 10.0. The molecule has 1 aliphatic rings. The molecule has 3 aromatic rings. The SMILES string of the molecule is Cn1nccc1CN1CCC[C@H]1c1ccc(Cc2ccc(F)cc2)cn1. The number of benzene rings is 1. The highest BCUT2D eigenvalue weighted by Gasteiger charge is 2.27. The van der Waals surface area contributed by atoms with Crippen LogP contribution in [-0.2, 0) is 20.0 Å². The zero-order valence-corrected chi connectivity index (χ0v) is 15.0. The van der Waals surface area contributed by atoms with E-state index in [9.17, 15) is 4.39 Å². The minimum atomic E-state index is -0.197. The van der Waals surface area contributed by atoms with Gasteiger partial charge in [0.25, 0.3) is 0 Å². The van der Waals surface area contributed by atoms with Crippen LogP contribution in [0.3, 0.4) is 0 Å². The Morgan fingerprint density at radius 3 is 2.58 bits per heavy atom. The van der Waals surface area contributed by atoms with Crippen molar-refractivity contribution in [2.24, 2.45) is 7.05 Å². The molecule has 3 heterocycles. The van der Waals surface area contributed by atoms with Crippen molar-refractivity contribution in [3.63, 3.8) is 0 Å². The van der Waals surface area contributed by atoms with Gasteiger partial charge in [-0.15, -0.1) is 0 Å². The molecule has 1 aliphatic heterocycles. The molecule has 1 fully saturated rings. The molecule has 1 atom stereocenters. The molecule has 1 saturated heterocycles. The van der Waals surface area contributed by atoms with Gasteiger partial charge in [0, 0.05) is 26.0 Å². The van der Waals surface area contributed by atoms with Crippen LogP contribution in [0.5, 0.6) is 0 Å². The number of aryl methyl sites for hydroxylation is 1. The number of rotatable bonds is 5. The Hall–Kier alpha value is -2.53. The topological polar surface area (TPSA) is 34.0 Å². The van der Waals surface area contributed by atoms with Crippen LogP contribution >= 0.6 is 0 Å². The zero-order chi connectivity index (χ0) is 17.9. The Morgan fingerprint density at radius 2 is 1.88 bits per heavy atom. The first-order chi connectivity index (χ1) is 12.7. The molecule has 0 saturated carbocycles. The maximum absolute atomic E-state index is 13.0. The van der Waals surface area contributed by atoms with Gasteiger partial charge in [0.05, 0.1) is 17.4 Å². The van der Waals surface area contributed by atoms with E-state index in [0.717, 1.165) is 42.8 Å². The van der Waals surface area contributed by atoms with Crippen molar-refractivity contribution < 1.29 is 4.39 Å². The number of likely N-dealkylation sites (tertiary alicyclic amines) is 1. The van der Waals surface area contributed by atoms with Crippen LogP contribution in [0.25, 0.3) is 0 Å². The third-order valence-corrected chi connectivity index (χ3v) is 5.16. The third kappa shape index (κ3) is 3.68. The van der Waals surface area contributed by atoms with E-state index >= 15 is 0 Å². The van der Waals surface area contributed by atoms with E-state index in [1.165, 1.54) is 24.2 Å². The fourth-order valence-corrected chi connectivity index (χ4v) is 3.69. The normalized spacial score (nSPS) is 17.7. The monoisotopic (exact) mass is 350 g/mol. The molecule has 2 aromatic heterocycles. The summed E-state index contributed by atoms with van der Waals surface area (Å²) < 4.78 is 15.0. The quantitative estimate of drug-likeness (QED) is 0.700. The van der Waals surface area contributed by atoms with Crippen molar-refractivity contribution in [2.45, 2.75) is 31.8 Å². The summed E-state index contributed by atoms with van der Waals surface area (Å²) >= 11 is 0. The third-order valence-electron chi connectivity index (χ3n) is 5.16. The number of hydrogen-bond donors (Lipinski definition) is 0. The molecule has 0 N–H and O–H groups in total. The van der Waals surface area contributed by atoms with Gasteiger partial charge in [-0.1, -0.05) is 18.2 Å². The molecule has 134 valence electrons. The predicted molar refractivity (Wildman–Crippen MR) is 99.0 cm³/mol. The van der Waals surface area contributed by atoms with Crippen LogP contribution < -0.4 is 0 Å². The van der Waals surface area contributed by atoms with Crippen molar-refractivity contribution in [3.05, 3.63) is 83.2 Å². The van der Waals surface area contributed by atoms with Crippen molar-refractivity contribution in [1.29, 1.82) is 0 Å². The van der Waals surface area contributed by atoms with Crippen molar-refractivity contribution in [3.8, 4) is 0 Å². The largest absolute Gasteiger partial charge is 0.289 e. The molecule has 0 bridgehead atoms. The Labute approximate surface area is 153 Å². The Morgan fingerprint density at radius 1 is 1.08 bits per heavy atom. The Bertz CT molecular complexity index is 854. The maximum atomic E-state index is 13.0. The van der Waals surface area contributed by atoms with Crippen LogP contribution in [0, 0.1) is 5.82 Å². The average molecular weight is 350 g/mol. The Kier molecular flexibility index (Phi) is 4.80. The molecular weight excluding hydrogens is 327 g/mol. The second-order valence-electron chi connectivity index (χ2n) is 6.97. The Balaban J connectivity index is 1.45. The van der Waals surface area contributed by atoms with E-state index < -0.39 is 0 Å².